The molecule has 3 aromatic rings. The standard InChI is InChI=1S/C24H25N5O6S2/c25-18-19(22(26)30)28-37-21(18)24(32)29(13-5-6-15-16(11-13)35-9-8-34-15)20(17-4-2-10-36-17)23(31)27-12-14-3-1-7-33-14/h2,4-6,10-11,14,20H,1,3,7-9,12,25H2,(H2,26,30)(H,27,31)/t14-,20+/m1/s1. The van der Waals surface area contributed by atoms with E-state index in [1.54, 1.807) is 30.3 Å². The van der Waals surface area contributed by atoms with Gasteiger partial charge in [0, 0.05) is 29.8 Å². The highest BCUT2D eigenvalue weighted by atomic mass is 32.1. The van der Waals surface area contributed by atoms with Crippen molar-refractivity contribution >= 4 is 52.0 Å². The van der Waals surface area contributed by atoms with Gasteiger partial charge in [-0.2, -0.15) is 4.37 Å². The van der Waals surface area contributed by atoms with Crippen molar-refractivity contribution in [2.75, 3.05) is 37.0 Å². The summed E-state index contributed by atoms with van der Waals surface area (Å²) in [6.07, 6.45) is 1.70. The summed E-state index contributed by atoms with van der Waals surface area (Å²) < 4.78 is 21.0. The number of nitrogens with zero attached hydrogens (tertiary/aromatic N) is 2. The van der Waals surface area contributed by atoms with Crippen LogP contribution >= 0.6 is 22.9 Å². The van der Waals surface area contributed by atoms with E-state index in [-0.39, 0.29) is 28.3 Å². The number of thiophene rings is 1. The number of nitrogens with one attached hydrogen (secondary N) is 1. The number of carbonyl (C=O) groups is 3. The van der Waals surface area contributed by atoms with Crippen LogP contribution in [-0.4, -0.2) is 54.6 Å². The second-order valence-corrected chi connectivity index (χ2v) is 10.2. The van der Waals surface area contributed by atoms with Crippen molar-refractivity contribution in [2.24, 2.45) is 5.73 Å². The van der Waals surface area contributed by atoms with Crippen LogP contribution in [0, 0.1) is 0 Å². The molecule has 1 fully saturated rings. The third-order valence-electron chi connectivity index (χ3n) is 6.03. The van der Waals surface area contributed by atoms with Crippen LogP contribution in [0.4, 0.5) is 11.4 Å². The Hall–Kier alpha value is -3.68. The molecule has 0 unspecified atom stereocenters. The summed E-state index contributed by atoms with van der Waals surface area (Å²) in [6.45, 7) is 1.73. The second-order valence-electron chi connectivity index (χ2n) is 8.44. The largest absolute Gasteiger partial charge is 0.486 e. The zero-order valence-corrected chi connectivity index (χ0v) is 21.3. The number of ether oxygens (including phenoxy) is 3. The van der Waals surface area contributed by atoms with Gasteiger partial charge in [-0.05, 0) is 48.0 Å². The van der Waals surface area contributed by atoms with Crippen LogP contribution in [0.1, 0.15) is 43.9 Å². The number of amides is 3. The highest BCUT2D eigenvalue weighted by Gasteiger charge is 2.37. The molecule has 0 spiro atoms. The molecule has 0 radical (unpaired) electrons. The first-order valence-corrected chi connectivity index (χ1v) is 13.3. The molecule has 5 N–H and O–H groups in total. The summed E-state index contributed by atoms with van der Waals surface area (Å²) >= 11 is 2.09. The van der Waals surface area contributed by atoms with E-state index in [4.69, 9.17) is 25.7 Å². The van der Waals surface area contributed by atoms with Crippen LogP contribution in [-0.2, 0) is 9.53 Å². The Labute approximate surface area is 220 Å². The molecular weight excluding hydrogens is 518 g/mol. The molecule has 0 bridgehead atoms. The maximum atomic E-state index is 14.1. The molecule has 1 saturated heterocycles. The minimum Gasteiger partial charge on any atom is -0.486 e. The van der Waals surface area contributed by atoms with Crippen LogP contribution in [0.5, 0.6) is 11.5 Å². The van der Waals surface area contributed by atoms with Gasteiger partial charge in [0.2, 0.25) is 5.91 Å². The SMILES string of the molecule is NC(=O)c1nsc(C(=O)N(c2ccc3c(c2)OCCO3)[C@H](C(=O)NC[C@H]2CCCO2)c2cccs2)c1N. The number of hydrogen-bond donors (Lipinski definition) is 3. The molecule has 0 aliphatic carbocycles. The van der Waals surface area contributed by atoms with Crippen LogP contribution in [0.25, 0.3) is 0 Å². The van der Waals surface area contributed by atoms with E-state index in [0.717, 1.165) is 24.4 Å². The summed E-state index contributed by atoms with van der Waals surface area (Å²) in [5, 5.41) is 4.77. The number of nitrogens with two attached hydrogens (primary N) is 2. The van der Waals surface area contributed by atoms with Crippen molar-refractivity contribution in [3.63, 3.8) is 0 Å². The minimum absolute atomic E-state index is 0.00262. The Bertz CT molecular complexity index is 1300. The number of nitrogen functional groups attached to an aromatic ring is 1. The maximum absolute atomic E-state index is 14.1. The quantitative estimate of drug-likeness (QED) is 0.390. The van der Waals surface area contributed by atoms with Gasteiger partial charge >= 0.3 is 0 Å². The second kappa shape index (κ2) is 10.7. The lowest BCUT2D eigenvalue weighted by Crippen LogP contribution is -2.45. The first kappa shape index (κ1) is 25.0. The van der Waals surface area contributed by atoms with E-state index >= 15 is 0 Å². The Morgan fingerprint density at radius 1 is 1.16 bits per heavy atom. The number of hydrogen-bond acceptors (Lipinski definition) is 10. The molecule has 11 nitrogen and oxygen atoms in total. The summed E-state index contributed by atoms with van der Waals surface area (Å²) in [5.74, 6) is -0.861. The number of benzene rings is 1. The summed E-state index contributed by atoms with van der Waals surface area (Å²) in [4.78, 5) is 41.5. The molecule has 5 rings (SSSR count). The van der Waals surface area contributed by atoms with E-state index in [1.807, 2.05) is 5.38 Å². The third-order valence-corrected chi connectivity index (χ3v) is 7.80. The van der Waals surface area contributed by atoms with Crippen LogP contribution in [0.15, 0.2) is 35.7 Å². The number of anilines is 2. The normalized spacial score (nSPS) is 17.2. The molecule has 0 saturated carbocycles. The van der Waals surface area contributed by atoms with Crippen molar-refractivity contribution in [3.05, 3.63) is 51.2 Å². The van der Waals surface area contributed by atoms with Gasteiger partial charge in [0.05, 0.1) is 11.8 Å². The summed E-state index contributed by atoms with van der Waals surface area (Å²) in [6, 6.07) is 7.54. The molecule has 194 valence electrons. The minimum atomic E-state index is -1.05. The van der Waals surface area contributed by atoms with Gasteiger partial charge in [-0.3, -0.25) is 19.3 Å². The maximum Gasteiger partial charge on any atom is 0.273 e. The summed E-state index contributed by atoms with van der Waals surface area (Å²) in [7, 11) is 0. The highest BCUT2D eigenvalue weighted by molar-refractivity contribution is 7.10. The lowest BCUT2D eigenvalue weighted by atomic mass is 10.1. The number of carbonyl (C=O) groups excluding carboxylic acids is 3. The fourth-order valence-corrected chi connectivity index (χ4v) is 5.80. The lowest BCUT2D eigenvalue weighted by Gasteiger charge is -2.31. The average Bonchev–Trinajstić information content (AvgIpc) is 3.68. The Balaban J connectivity index is 1.57. The van der Waals surface area contributed by atoms with E-state index in [2.05, 4.69) is 9.69 Å². The van der Waals surface area contributed by atoms with Gasteiger partial charge in [-0.1, -0.05) is 6.07 Å². The fourth-order valence-electron chi connectivity index (χ4n) is 4.24. The van der Waals surface area contributed by atoms with Crippen molar-refractivity contribution in [2.45, 2.75) is 25.0 Å². The Morgan fingerprint density at radius 2 is 1.97 bits per heavy atom. The van der Waals surface area contributed by atoms with Crippen LogP contribution < -0.4 is 31.2 Å². The molecule has 13 heteroatoms. The van der Waals surface area contributed by atoms with E-state index in [1.165, 1.54) is 16.2 Å². The first-order valence-electron chi connectivity index (χ1n) is 11.6. The van der Waals surface area contributed by atoms with Gasteiger partial charge < -0.3 is 31.0 Å². The van der Waals surface area contributed by atoms with Gasteiger partial charge in [0.15, 0.2) is 23.2 Å². The first-order chi connectivity index (χ1) is 17.9. The van der Waals surface area contributed by atoms with Crippen molar-refractivity contribution in [3.8, 4) is 11.5 Å². The molecular formula is C24H25N5O6S2. The number of fused-ring (bicyclic) bond motifs is 1. The van der Waals surface area contributed by atoms with Crippen LogP contribution in [0.2, 0.25) is 0 Å². The van der Waals surface area contributed by atoms with Gasteiger partial charge in [-0.15, -0.1) is 11.3 Å². The predicted octanol–water partition coefficient (Wildman–Crippen LogP) is 2.34. The molecule has 2 aliphatic rings. The number of rotatable bonds is 8. The predicted molar refractivity (Wildman–Crippen MR) is 138 cm³/mol. The lowest BCUT2D eigenvalue weighted by molar-refractivity contribution is -0.122. The molecule has 2 atom stereocenters. The topological polar surface area (TPSA) is 159 Å². The highest BCUT2D eigenvalue weighted by Crippen LogP contribution is 2.39. The Morgan fingerprint density at radius 3 is 2.65 bits per heavy atom. The molecule has 4 heterocycles. The molecule has 2 aromatic heterocycles. The van der Waals surface area contributed by atoms with E-state index in [9.17, 15) is 14.4 Å². The number of aromatic nitrogens is 1. The Kier molecular flexibility index (Phi) is 7.26. The fraction of sp³-hybridized carbons (Fsp3) is 0.333. The molecule has 37 heavy (non-hydrogen) atoms. The van der Waals surface area contributed by atoms with Crippen LogP contribution in [0.3, 0.4) is 0 Å². The van der Waals surface area contributed by atoms with Crippen molar-refractivity contribution in [1.29, 1.82) is 0 Å². The van der Waals surface area contributed by atoms with Crippen molar-refractivity contribution < 1.29 is 28.6 Å². The van der Waals surface area contributed by atoms with E-state index < -0.39 is 17.9 Å². The average molecular weight is 544 g/mol. The van der Waals surface area contributed by atoms with E-state index in [0.29, 0.717) is 48.4 Å². The zero-order chi connectivity index (χ0) is 25.9. The van der Waals surface area contributed by atoms with Gasteiger partial charge in [0.25, 0.3) is 11.8 Å². The third kappa shape index (κ3) is 5.10. The van der Waals surface area contributed by atoms with Gasteiger partial charge in [0.1, 0.15) is 18.1 Å². The monoisotopic (exact) mass is 543 g/mol. The van der Waals surface area contributed by atoms with Gasteiger partial charge in [-0.25, -0.2) is 0 Å². The smallest absolute Gasteiger partial charge is 0.273 e. The number of primary amides is 1. The molecule has 3 amide bonds. The summed E-state index contributed by atoms with van der Waals surface area (Å²) in [5.41, 5.74) is 11.5. The van der Waals surface area contributed by atoms with Crippen molar-refractivity contribution in [1.82, 2.24) is 9.69 Å². The molecule has 1 aromatic carbocycles. The zero-order valence-electron chi connectivity index (χ0n) is 19.7. The molecule has 2 aliphatic heterocycles.